The van der Waals surface area contributed by atoms with Crippen LogP contribution in [0.1, 0.15) is 41.0 Å². The van der Waals surface area contributed by atoms with Crippen LogP contribution in [0.3, 0.4) is 0 Å². The molecule has 0 N–H and O–H groups in total. The zero-order chi connectivity index (χ0) is 20.3. The summed E-state index contributed by atoms with van der Waals surface area (Å²) < 4.78 is 18.2. The lowest BCUT2D eigenvalue weighted by molar-refractivity contribution is 0.0675. The lowest BCUT2D eigenvalue weighted by atomic mass is 9.79. The molecule has 0 radical (unpaired) electrons. The van der Waals surface area contributed by atoms with E-state index in [2.05, 4.69) is 14.9 Å². The molecule has 7 heteroatoms. The largest absolute Gasteiger partial charge is 0.377 e. The molecular weight excluding hydrogens is 371 g/mol. The van der Waals surface area contributed by atoms with Crippen LogP contribution in [0.5, 0.6) is 0 Å². The molecule has 1 amide bonds. The van der Waals surface area contributed by atoms with Crippen molar-refractivity contribution in [3.8, 4) is 0 Å². The Morgan fingerprint density at radius 2 is 1.90 bits per heavy atom. The van der Waals surface area contributed by atoms with Crippen molar-refractivity contribution in [3.05, 3.63) is 59.4 Å². The summed E-state index contributed by atoms with van der Waals surface area (Å²) >= 11 is 0. The Balaban J connectivity index is 1.37. The van der Waals surface area contributed by atoms with Gasteiger partial charge < -0.3 is 9.64 Å². The number of nitrogens with zero attached hydrogens (tertiary/aromatic N) is 4. The van der Waals surface area contributed by atoms with Crippen LogP contribution in [0.15, 0.2) is 36.7 Å². The number of halogens is 1. The van der Waals surface area contributed by atoms with Crippen LogP contribution in [0, 0.1) is 11.2 Å². The summed E-state index contributed by atoms with van der Waals surface area (Å²) in [6.07, 6.45) is 7.03. The number of amides is 1. The van der Waals surface area contributed by atoms with E-state index >= 15 is 0 Å². The number of aromatic nitrogens is 2. The standard InChI is InChI=1S/C22H27FN4O2/c1-29-14-20-24-11-17(12-25-20)13-26-9-2-7-22(15-26)8-10-27(16-22)21(28)18-3-5-19(23)6-4-18/h3-6,11-12H,2,7-10,13-16H2,1H3/t22-/m0/s1. The Kier molecular flexibility index (Phi) is 5.87. The minimum absolute atomic E-state index is 0.00105. The van der Waals surface area contributed by atoms with E-state index in [1.807, 2.05) is 17.3 Å². The highest BCUT2D eigenvalue weighted by Gasteiger charge is 2.42. The van der Waals surface area contributed by atoms with E-state index in [9.17, 15) is 9.18 Å². The maximum Gasteiger partial charge on any atom is 0.253 e. The van der Waals surface area contributed by atoms with E-state index in [-0.39, 0.29) is 17.1 Å². The van der Waals surface area contributed by atoms with Gasteiger partial charge in [-0.15, -0.1) is 0 Å². The second-order valence-corrected chi connectivity index (χ2v) is 8.24. The third-order valence-corrected chi connectivity index (χ3v) is 6.00. The topological polar surface area (TPSA) is 58.6 Å². The summed E-state index contributed by atoms with van der Waals surface area (Å²) in [6, 6.07) is 5.84. The fraction of sp³-hybridized carbons (Fsp3) is 0.500. The predicted molar refractivity (Wildman–Crippen MR) is 107 cm³/mol. The van der Waals surface area contributed by atoms with E-state index in [1.54, 1.807) is 19.2 Å². The van der Waals surface area contributed by atoms with Crippen molar-refractivity contribution >= 4 is 5.91 Å². The van der Waals surface area contributed by atoms with Gasteiger partial charge in [-0.2, -0.15) is 0 Å². The van der Waals surface area contributed by atoms with Gasteiger partial charge in [-0.05, 0) is 50.1 Å². The molecule has 3 heterocycles. The van der Waals surface area contributed by atoms with Gasteiger partial charge in [0.05, 0.1) is 0 Å². The molecule has 2 fully saturated rings. The summed E-state index contributed by atoms with van der Waals surface area (Å²) in [5.41, 5.74) is 1.80. The van der Waals surface area contributed by atoms with Crippen LogP contribution in [0.25, 0.3) is 0 Å². The second kappa shape index (κ2) is 8.55. The fourth-order valence-electron chi connectivity index (χ4n) is 4.59. The third-order valence-electron chi connectivity index (χ3n) is 6.00. The van der Waals surface area contributed by atoms with Crippen molar-refractivity contribution in [2.75, 3.05) is 33.3 Å². The van der Waals surface area contributed by atoms with Crippen molar-refractivity contribution in [2.45, 2.75) is 32.4 Å². The molecule has 154 valence electrons. The van der Waals surface area contributed by atoms with Gasteiger partial charge in [-0.3, -0.25) is 9.69 Å². The molecule has 0 bridgehead atoms. The maximum atomic E-state index is 13.1. The smallest absolute Gasteiger partial charge is 0.253 e. The molecule has 1 aromatic heterocycles. The molecule has 1 atom stereocenters. The van der Waals surface area contributed by atoms with Crippen molar-refractivity contribution in [1.29, 1.82) is 0 Å². The molecule has 4 rings (SSSR count). The van der Waals surface area contributed by atoms with Crippen molar-refractivity contribution in [2.24, 2.45) is 5.41 Å². The average molecular weight is 398 g/mol. The highest BCUT2D eigenvalue weighted by atomic mass is 19.1. The first-order valence-corrected chi connectivity index (χ1v) is 10.1. The number of ether oxygens (including phenoxy) is 1. The van der Waals surface area contributed by atoms with E-state index in [0.29, 0.717) is 18.0 Å². The molecule has 2 aliphatic heterocycles. The van der Waals surface area contributed by atoms with Crippen LogP contribution in [-0.4, -0.2) is 59.0 Å². The van der Waals surface area contributed by atoms with E-state index in [4.69, 9.17) is 4.74 Å². The zero-order valence-corrected chi connectivity index (χ0v) is 16.8. The minimum Gasteiger partial charge on any atom is -0.377 e. The average Bonchev–Trinajstić information content (AvgIpc) is 3.13. The molecule has 6 nitrogen and oxygen atoms in total. The first-order chi connectivity index (χ1) is 14.1. The lowest BCUT2D eigenvalue weighted by Gasteiger charge is -2.40. The summed E-state index contributed by atoms with van der Waals surface area (Å²) in [7, 11) is 1.64. The molecule has 1 spiro atoms. The highest BCUT2D eigenvalue weighted by Crippen LogP contribution is 2.39. The van der Waals surface area contributed by atoms with Gasteiger partial charge in [-0.1, -0.05) is 0 Å². The van der Waals surface area contributed by atoms with Crippen LogP contribution in [0.2, 0.25) is 0 Å². The minimum atomic E-state index is -0.318. The number of likely N-dealkylation sites (tertiary alicyclic amines) is 2. The van der Waals surface area contributed by atoms with Gasteiger partial charge in [0.2, 0.25) is 0 Å². The first-order valence-electron chi connectivity index (χ1n) is 10.1. The third kappa shape index (κ3) is 4.62. The monoisotopic (exact) mass is 398 g/mol. The van der Waals surface area contributed by atoms with Gasteiger partial charge in [0.1, 0.15) is 12.4 Å². The molecular formula is C22H27FN4O2. The number of methoxy groups -OCH3 is 1. The molecule has 0 aliphatic carbocycles. The highest BCUT2D eigenvalue weighted by molar-refractivity contribution is 5.94. The lowest BCUT2D eigenvalue weighted by Crippen LogP contribution is -2.45. The first kappa shape index (κ1) is 19.9. The normalized spacial score (nSPS) is 22.3. The summed E-state index contributed by atoms with van der Waals surface area (Å²) in [4.78, 5) is 25.9. The van der Waals surface area contributed by atoms with Crippen molar-refractivity contribution in [1.82, 2.24) is 19.8 Å². The molecule has 0 unspecified atom stereocenters. The van der Waals surface area contributed by atoms with Gasteiger partial charge in [0, 0.05) is 62.2 Å². The second-order valence-electron chi connectivity index (χ2n) is 8.24. The van der Waals surface area contributed by atoms with Gasteiger partial charge in [-0.25, -0.2) is 14.4 Å². The van der Waals surface area contributed by atoms with Gasteiger partial charge in [0.25, 0.3) is 5.91 Å². The molecule has 0 saturated carbocycles. The van der Waals surface area contributed by atoms with Crippen LogP contribution < -0.4 is 0 Å². The molecule has 1 aromatic carbocycles. The Morgan fingerprint density at radius 1 is 1.14 bits per heavy atom. The Bertz CT molecular complexity index is 843. The molecule has 2 aliphatic rings. The molecule has 2 aromatic rings. The van der Waals surface area contributed by atoms with Crippen LogP contribution in [0.4, 0.5) is 4.39 Å². The maximum absolute atomic E-state index is 13.1. The summed E-state index contributed by atoms with van der Waals surface area (Å²) in [5.74, 6) is 0.375. The number of piperidine rings is 1. The van der Waals surface area contributed by atoms with E-state index in [0.717, 1.165) is 57.5 Å². The molecule has 2 saturated heterocycles. The SMILES string of the molecule is COCc1ncc(CN2CCC[C@]3(CCN(C(=O)c4ccc(F)cc4)C3)C2)cn1. The summed E-state index contributed by atoms with van der Waals surface area (Å²) in [6.45, 7) is 4.79. The van der Waals surface area contributed by atoms with E-state index in [1.165, 1.54) is 12.1 Å². The number of hydrogen-bond acceptors (Lipinski definition) is 5. The number of carbonyl (C=O) groups excluding carboxylic acids is 1. The van der Waals surface area contributed by atoms with Crippen LogP contribution in [-0.2, 0) is 17.9 Å². The fourth-order valence-corrected chi connectivity index (χ4v) is 4.59. The quantitative estimate of drug-likeness (QED) is 0.775. The Labute approximate surface area is 170 Å². The predicted octanol–water partition coefficient (Wildman–Crippen LogP) is 2.89. The number of rotatable bonds is 5. The Morgan fingerprint density at radius 3 is 2.62 bits per heavy atom. The van der Waals surface area contributed by atoms with Gasteiger partial charge >= 0.3 is 0 Å². The summed E-state index contributed by atoms with van der Waals surface area (Å²) in [5, 5.41) is 0. The van der Waals surface area contributed by atoms with Gasteiger partial charge in [0.15, 0.2) is 5.82 Å². The number of hydrogen-bond donors (Lipinski definition) is 0. The van der Waals surface area contributed by atoms with Crippen LogP contribution >= 0.6 is 0 Å². The Hall–Kier alpha value is -2.38. The van der Waals surface area contributed by atoms with Crippen molar-refractivity contribution < 1.29 is 13.9 Å². The number of benzene rings is 1. The zero-order valence-electron chi connectivity index (χ0n) is 16.8. The molecule has 29 heavy (non-hydrogen) atoms. The number of carbonyl (C=O) groups is 1. The van der Waals surface area contributed by atoms with Crippen molar-refractivity contribution in [3.63, 3.8) is 0 Å². The van der Waals surface area contributed by atoms with E-state index < -0.39 is 0 Å².